The molecule has 1 aliphatic carbocycles. The molecule has 0 bridgehead atoms. The Labute approximate surface area is 127 Å². The Balaban J connectivity index is 1.56. The number of fused-ring (bicyclic) bond motifs is 1. The van der Waals surface area contributed by atoms with Gasteiger partial charge in [-0.25, -0.2) is 0 Å². The third-order valence-electron chi connectivity index (χ3n) is 4.59. The lowest BCUT2D eigenvalue weighted by atomic mass is 9.84. The van der Waals surface area contributed by atoms with Crippen molar-refractivity contribution in [2.24, 2.45) is 0 Å². The Bertz CT molecular complexity index is 707. The van der Waals surface area contributed by atoms with Gasteiger partial charge in [0, 0.05) is 11.3 Å². The van der Waals surface area contributed by atoms with Gasteiger partial charge in [-0.2, -0.15) is 0 Å². The average molecular weight is 298 g/mol. The van der Waals surface area contributed by atoms with Gasteiger partial charge in [0.25, 0.3) is 0 Å². The molecule has 2 aliphatic rings. The molecule has 3 heteroatoms. The highest BCUT2D eigenvalue weighted by molar-refractivity contribution is 7.85. The highest BCUT2D eigenvalue weighted by Gasteiger charge is 2.60. The lowest BCUT2D eigenvalue weighted by Gasteiger charge is -2.21. The number of benzene rings is 2. The fraction of sp³-hybridized carbons (Fsp3) is 0.333. The van der Waals surface area contributed by atoms with Crippen LogP contribution in [0.25, 0.3) is 0 Å². The van der Waals surface area contributed by atoms with E-state index in [9.17, 15) is 4.21 Å². The van der Waals surface area contributed by atoms with E-state index in [2.05, 4.69) is 24.3 Å². The van der Waals surface area contributed by atoms with Crippen LogP contribution in [0, 0.1) is 6.92 Å². The van der Waals surface area contributed by atoms with E-state index in [4.69, 9.17) is 4.74 Å². The van der Waals surface area contributed by atoms with Crippen molar-refractivity contribution in [3.05, 3.63) is 65.2 Å². The van der Waals surface area contributed by atoms with Crippen molar-refractivity contribution >= 4 is 10.8 Å². The Morgan fingerprint density at radius 3 is 2.57 bits per heavy atom. The van der Waals surface area contributed by atoms with Crippen molar-refractivity contribution < 1.29 is 8.95 Å². The zero-order chi connectivity index (χ0) is 14.4. The van der Waals surface area contributed by atoms with Crippen molar-refractivity contribution in [3.63, 3.8) is 0 Å². The van der Waals surface area contributed by atoms with E-state index in [-0.39, 0.29) is 11.0 Å². The zero-order valence-corrected chi connectivity index (χ0v) is 12.9. The molecule has 4 rings (SSSR count). The van der Waals surface area contributed by atoms with E-state index in [0.29, 0.717) is 0 Å². The number of hydrogen-bond acceptors (Lipinski definition) is 2. The molecule has 1 unspecified atom stereocenters. The predicted molar refractivity (Wildman–Crippen MR) is 83.7 cm³/mol. The predicted octanol–water partition coefficient (Wildman–Crippen LogP) is 3.39. The Morgan fingerprint density at radius 1 is 1.10 bits per heavy atom. The first-order valence-electron chi connectivity index (χ1n) is 7.40. The molecule has 2 aromatic carbocycles. The summed E-state index contributed by atoms with van der Waals surface area (Å²) in [6, 6.07) is 16.5. The second-order valence-corrected chi connectivity index (χ2v) is 7.56. The monoisotopic (exact) mass is 298 g/mol. The molecule has 0 radical (unpaired) electrons. The fourth-order valence-electron chi connectivity index (χ4n) is 3.25. The Kier molecular flexibility index (Phi) is 3.02. The van der Waals surface area contributed by atoms with Crippen LogP contribution in [0.1, 0.15) is 23.1 Å². The van der Waals surface area contributed by atoms with E-state index in [1.165, 1.54) is 16.7 Å². The maximum Gasteiger partial charge on any atom is 0.167 e. The molecule has 0 N–H and O–H groups in total. The molecule has 1 aliphatic heterocycles. The third-order valence-corrected chi connectivity index (χ3v) is 6.24. The maximum atomic E-state index is 12.7. The van der Waals surface area contributed by atoms with Gasteiger partial charge in [0.2, 0.25) is 0 Å². The SMILES string of the molecule is Cc1ccc(S(=O)[C@H]2O[C@]23CCc2ccccc2C3)cc1. The quantitative estimate of drug-likeness (QED) is 0.795. The summed E-state index contributed by atoms with van der Waals surface area (Å²) in [5, 5.41) is 0. The van der Waals surface area contributed by atoms with Crippen LogP contribution >= 0.6 is 0 Å². The number of ether oxygens (including phenoxy) is 1. The van der Waals surface area contributed by atoms with E-state index in [0.717, 1.165) is 24.2 Å². The number of epoxide rings is 1. The molecule has 21 heavy (non-hydrogen) atoms. The van der Waals surface area contributed by atoms with Gasteiger partial charge in [0.1, 0.15) is 5.60 Å². The molecule has 108 valence electrons. The minimum absolute atomic E-state index is 0.145. The first-order valence-corrected chi connectivity index (χ1v) is 8.61. The van der Waals surface area contributed by atoms with Gasteiger partial charge in [-0.15, -0.1) is 0 Å². The normalized spacial score (nSPS) is 28.1. The molecule has 1 saturated heterocycles. The van der Waals surface area contributed by atoms with Crippen molar-refractivity contribution in [1.29, 1.82) is 0 Å². The van der Waals surface area contributed by atoms with Crippen molar-refractivity contribution in [2.45, 2.75) is 42.1 Å². The molecule has 3 atom stereocenters. The second kappa shape index (κ2) is 4.79. The summed E-state index contributed by atoms with van der Waals surface area (Å²) in [4.78, 5) is 0.876. The summed E-state index contributed by atoms with van der Waals surface area (Å²) in [7, 11) is -1.07. The Morgan fingerprint density at radius 2 is 1.81 bits per heavy atom. The van der Waals surface area contributed by atoms with Crippen LogP contribution in [0.15, 0.2) is 53.4 Å². The molecule has 1 spiro atoms. The highest BCUT2D eigenvalue weighted by Crippen LogP contribution is 2.49. The minimum Gasteiger partial charge on any atom is -0.351 e. The largest absolute Gasteiger partial charge is 0.351 e. The number of aryl methyl sites for hydroxylation is 2. The van der Waals surface area contributed by atoms with Crippen molar-refractivity contribution in [3.8, 4) is 0 Å². The highest BCUT2D eigenvalue weighted by atomic mass is 32.2. The molecule has 0 amide bonds. The summed E-state index contributed by atoms with van der Waals surface area (Å²) in [6.07, 6.45) is 2.90. The molecular weight excluding hydrogens is 280 g/mol. The molecule has 1 heterocycles. The molecular formula is C18H18O2S. The van der Waals surface area contributed by atoms with Gasteiger partial charge in [-0.05, 0) is 43.0 Å². The molecule has 0 aromatic heterocycles. The van der Waals surface area contributed by atoms with Gasteiger partial charge < -0.3 is 4.74 Å². The van der Waals surface area contributed by atoms with Crippen LogP contribution in [0.2, 0.25) is 0 Å². The van der Waals surface area contributed by atoms with Crippen LogP contribution in [-0.2, 0) is 28.4 Å². The van der Waals surface area contributed by atoms with Gasteiger partial charge in [0.15, 0.2) is 5.44 Å². The molecule has 1 fully saturated rings. The van der Waals surface area contributed by atoms with E-state index < -0.39 is 10.8 Å². The van der Waals surface area contributed by atoms with Gasteiger partial charge in [-0.3, -0.25) is 4.21 Å². The Hall–Kier alpha value is -1.45. The lowest BCUT2D eigenvalue weighted by Crippen LogP contribution is -2.26. The topological polar surface area (TPSA) is 29.6 Å². The third kappa shape index (κ3) is 2.25. The van der Waals surface area contributed by atoms with E-state index in [1.807, 2.05) is 31.2 Å². The van der Waals surface area contributed by atoms with Crippen LogP contribution in [0.3, 0.4) is 0 Å². The van der Waals surface area contributed by atoms with Gasteiger partial charge in [0.05, 0.1) is 10.8 Å². The van der Waals surface area contributed by atoms with Gasteiger partial charge >= 0.3 is 0 Å². The average Bonchev–Trinajstić information content (AvgIpc) is 3.20. The maximum absolute atomic E-state index is 12.7. The molecule has 0 saturated carbocycles. The second-order valence-electron chi connectivity index (χ2n) is 6.07. The number of hydrogen-bond donors (Lipinski definition) is 0. The summed E-state index contributed by atoms with van der Waals surface area (Å²) in [6.45, 7) is 2.04. The van der Waals surface area contributed by atoms with E-state index in [1.54, 1.807) is 0 Å². The van der Waals surface area contributed by atoms with Crippen LogP contribution in [0.4, 0.5) is 0 Å². The van der Waals surface area contributed by atoms with Crippen molar-refractivity contribution in [1.82, 2.24) is 0 Å². The van der Waals surface area contributed by atoms with E-state index >= 15 is 0 Å². The fourth-order valence-corrected chi connectivity index (χ4v) is 4.77. The summed E-state index contributed by atoms with van der Waals surface area (Å²) in [5.41, 5.74) is 3.62. The number of rotatable bonds is 2. The first kappa shape index (κ1) is 13.2. The smallest absolute Gasteiger partial charge is 0.167 e. The summed E-state index contributed by atoms with van der Waals surface area (Å²) >= 11 is 0. The summed E-state index contributed by atoms with van der Waals surface area (Å²) in [5.74, 6) is 0. The van der Waals surface area contributed by atoms with Gasteiger partial charge in [-0.1, -0.05) is 42.0 Å². The zero-order valence-electron chi connectivity index (χ0n) is 12.0. The molecule has 2 aromatic rings. The molecule has 2 nitrogen and oxygen atoms in total. The van der Waals surface area contributed by atoms with Crippen molar-refractivity contribution in [2.75, 3.05) is 0 Å². The van der Waals surface area contributed by atoms with Crippen LogP contribution in [-0.4, -0.2) is 15.2 Å². The first-order chi connectivity index (χ1) is 10.2. The summed E-state index contributed by atoms with van der Waals surface area (Å²) < 4.78 is 18.6. The lowest BCUT2D eigenvalue weighted by molar-refractivity contribution is 0.276. The van der Waals surface area contributed by atoms with Crippen LogP contribution in [0.5, 0.6) is 0 Å². The minimum atomic E-state index is -1.07. The van der Waals surface area contributed by atoms with Crippen LogP contribution < -0.4 is 0 Å². The standard InChI is InChI=1S/C18H18O2S/c1-13-6-8-16(9-7-13)21(19)17-18(20-17)11-10-14-4-2-3-5-15(14)12-18/h2-9,17H,10-12H2,1H3/t17-,18+,21?/m1/s1.